The highest BCUT2D eigenvalue weighted by molar-refractivity contribution is 6.61. The van der Waals surface area contributed by atoms with Crippen LogP contribution in [0.1, 0.15) is 25.3 Å². The van der Waals surface area contributed by atoms with E-state index in [1.54, 1.807) is 0 Å². The third-order valence-corrected chi connectivity index (χ3v) is 2.25. The van der Waals surface area contributed by atoms with Crippen molar-refractivity contribution >= 4 is 34.7 Å². The molecule has 0 fully saturated rings. The number of hydrogen-bond acceptors (Lipinski definition) is 7. The number of carboxylic acid groups (broad SMARTS) is 2. The number of carbonyl (C=O) groups excluding carboxylic acids is 1. The van der Waals surface area contributed by atoms with E-state index >= 15 is 0 Å². The summed E-state index contributed by atoms with van der Waals surface area (Å²) in [6, 6.07) is 5.66. The van der Waals surface area contributed by atoms with E-state index in [-0.39, 0.29) is 18.8 Å². The Morgan fingerprint density at radius 2 is 1.68 bits per heavy atom. The van der Waals surface area contributed by atoms with Gasteiger partial charge in [0.05, 0.1) is 11.5 Å². The van der Waals surface area contributed by atoms with Crippen LogP contribution >= 0.6 is 11.6 Å². The number of carbonyl (C=O) groups is 3. The van der Waals surface area contributed by atoms with Crippen LogP contribution in [0.3, 0.4) is 0 Å². The van der Waals surface area contributed by atoms with Gasteiger partial charge < -0.3 is 20.7 Å². The monoisotopic (exact) mass is 378 g/mol. The molecule has 1 rings (SSSR count). The number of aliphatic carboxylic acids is 2. The topological polar surface area (TPSA) is 170 Å². The molecule has 25 heavy (non-hydrogen) atoms. The normalized spacial score (nSPS) is 8.76. The number of nitro groups is 1. The lowest BCUT2D eigenvalue weighted by molar-refractivity contribution is -0.384. The summed E-state index contributed by atoms with van der Waals surface area (Å²) in [7, 11) is 0. The fourth-order valence-electron chi connectivity index (χ4n) is 1.07. The molecule has 11 heteroatoms. The maximum atomic E-state index is 10.3. The molecule has 0 aliphatic carbocycles. The lowest BCUT2D eigenvalue weighted by Gasteiger charge is -1.99. The van der Waals surface area contributed by atoms with E-state index in [2.05, 4.69) is 10.5 Å². The quantitative estimate of drug-likeness (QED) is 0.381. The summed E-state index contributed by atoms with van der Waals surface area (Å²) in [5.41, 5.74) is 4.31. The summed E-state index contributed by atoms with van der Waals surface area (Å²) in [5.74, 6) is -1.68. The van der Waals surface area contributed by atoms with Gasteiger partial charge in [-0.1, -0.05) is 6.92 Å². The fourth-order valence-corrected chi connectivity index (χ4v) is 1.12. The van der Waals surface area contributed by atoms with Crippen molar-refractivity contribution in [2.45, 2.75) is 26.4 Å². The second kappa shape index (κ2) is 14.8. The van der Waals surface area contributed by atoms with Crippen LogP contribution < -0.4 is 5.73 Å². The Morgan fingerprint density at radius 3 is 1.92 bits per heavy atom. The van der Waals surface area contributed by atoms with Crippen LogP contribution in [0.15, 0.2) is 24.3 Å². The number of halogens is 1. The first-order chi connectivity index (χ1) is 11.6. The van der Waals surface area contributed by atoms with E-state index < -0.39 is 22.3 Å². The maximum absolute atomic E-state index is 10.3. The molecule has 0 saturated heterocycles. The molecule has 0 atom stereocenters. The molecular formula is C14H19ClN2O8. The molecule has 0 radical (unpaired) electrons. The number of benzene rings is 1. The van der Waals surface area contributed by atoms with E-state index in [9.17, 15) is 24.5 Å². The Morgan fingerprint density at radius 1 is 1.20 bits per heavy atom. The number of nitrogens with two attached hydrogens (primary N) is 1. The van der Waals surface area contributed by atoms with Gasteiger partial charge in [0, 0.05) is 30.2 Å². The average molecular weight is 379 g/mol. The molecule has 1 aromatic carbocycles. The minimum atomic E-state index is -0.968. The number of ether oxygens (including phenoxy) is 1. The Bertz CT molecular complexity index is 562. The zero-order chi connectivity index (χ0) is 19.8. The fraction of sp³-hybridized carbons (Fsp3) is 0.357. The standard InChI is InChI=1S/C8H6ClNO4.C4H8O2.C2H5NO2/c9-8(11)14-5-6-1-3-7(4-2-6)10(12)13;1-2-3-4(5)6;3-1-2(4)5/h1-4H,5H2;2-3H2,1H3,(H,5,6);1,3H2,(H,4,5). The highest BCUT2D eigenvalue weighted by Crippen LogP contribution is 2.12. The highest BCUT2D eigenvalue weighted by atomic mass is 35.5. The van der Waals surface area contributed by atoms with E-state index in [4.69, 9.17) is 21.8 Å². The van der Waals surface area contributed by atoms with Crippen molar-refractivity contribution in [2.75, 3.05) is 6.54 Å². The van der Waals surface area contributed by atoms with Gasteiger partial charge >= 0.3 is 17.4 Å². The molecule has 0 unspecified atom stereocenters. The first-order valence-corrected chi connectivity index (χ1v) is 7.21. The van der Waals surface area contributed by atoms with Crippen LogP contribution in [0, 0.1) is 10.1 Å². The Hall–Kier alpha value is -2.72. The maximum Gasteiger partial charge on any atom is 0.404 e. The molecule has 140 valence electrons. The van der Waals surface area contributed by atoms with Gasteiger partial charge in [0.15, 0.2) is 0 Å². The van der Waals surface area contributed by atoms with Gasteiger partial charge in [0.25, 0.3) is 5.69 Å². The first kappa shape index (κ1) is 24.5. The zero-order valence-electron chi connectivity index (χ0n) is 13.4. The minimum absolute atomic E-state index is 0.00838. The lowest BCUT2D eigenvalue weighted by Crippen LogP contribution is -2.10. The van der Waals surface area contributed by atoms with Crippen molar-refractivity contribution in [3.63, 3.8) is 0 Å². The summed E-state index contributed by atoms with van der Waals surface area (Å²) in [6.45, 7) is 1.58. The first-order valence-electron chi connectivity index (χ1n) is 6.83. The van der Waals surface area contributed by atoms with Crippen LogP contribution in [0.2, 0.25) is 0 Å². The van der Waals surface area contributed by atoms with Gasteiger partial charge in [-0.2, -0.15) is 0 Å². The van der Waals surface area contributed by atoms with Crippen molar-refractivity contribution in [3.05, 3.63) is 39.9 Å². The van der Waals surface area contributed by atoms with Gasteiger partial charge in [-0.05, 0) is 24.1 Å². The molecule has 4 N–H and O–H groups in total. The Balaban J connectivity index is 0. The van der Waals surface area contributed by atoms with Crippen LogP contribution in [-0.2, 0) is 20.9 Å². The number of rotatable bonds is 6. The molecular weight excluding hydrogens is 360 g/mol. The number of nitrogens with zero attached hydrogens (tertiary/aromatic N) is 1. The largest absolute Gasteiger partial charge is 0.481 e. The van der Waals surface area contributed by atoms with Gasteiger partial charge in [0.2, 0.25) is 0 Å². The molecule has 0 heterocycles. The molecule has 10 nitrogen and oxygen atoms in total. The third-order valence-electron chi connectivity index (χ3n) is 2.14. The van der Waals surface area contributed by atoms with E-state index in [0.717, 1.165) is 6.42 Å². The molecule has 0 spiro atoms. The van der Waals surface area contributed by atoms with Gasteiger partial charge in [0.1, 0.15) is 6.61 Å². The molecule has 0 amide bonds. The third kappa shape index (κ3) is 17.5. The summed E-state index contributed by atoms with van der Waals surface area (Å²) >= 11 is 4.94. The van der Waals surface area contributed by atoms with Crippen LogP contribution in [0.4, 0.5) is 10.5 Å². The highest BCUT2D eigenvalue weighted by Gasteiger charge is 2.04. The summed E-state index contributed by atoms with van der Waals surface area (Å²) in [5, 5.41) is 25.8. The SMILES string of the molecule is CCCC(=O)O.NCC(=O)O.O=C(Cl)OCc1ccc([N+](=O)[O-])cc1. The second-order valence-electron chi connectivity index (χ2n) is 4.19. The average Bonchev–Trinajstić information content (AvgIpc) is 2.54. The summed E-state index contributed by atoms with van der Waals surface area (Å²) in [6.07, 6.45) is 1.02. The number of hydrogen-bond donors (Lipinski definition) is 3. The van der Waals surface area contributed by atoms with E-state index in [1.165, 1.54) is 24.3 Å². The summed E-state index contributed by atoms with van der Waals surface area (Å²) < 4.78 is 4.48. The number of non-ortho nitro benzene ring substituents is 1. The Kier molecular flexibility index (Phi) is 14.6. The van der Waals surface area contributed by atoms with Crippen LogP contribution in [-0.4, -0.2) is 39.0 Å². The Labute approximate surface area is 148 Å². The van der Waals surface area contributed by atoms with Gasteiger partial charge in [-0.3, -0.25) is 19.7 Å². The van der Waals surface area contributed by atoms with E-state index in [1.807, 2.05) is 6.92 Å². The number of nitro benzene ring substituents is 1. The molecule has 0 aliphatic rings. The van der Waals surface area contributed by atoms with Gasteiger partial charge in [-0.25, -0.2) is 4.79 Å². The van der Waals surface area contributed by atoms with Crippen LogP contribution in [0.25, 0.3) is 0 Å². The molecule has 0 aromatic heterocycles. The minimum Gasteiger partial charge on any atom is -0.481 e. The molecule has 0 saturated carbocycles. The van der Waals surface area contributed by atoms with Crippen LogP contribution in [0.5, 0.6) is 0 Å². The lowest BCUT2D eigenvalue weighted by atomic mass is 10.2. The van der Waals surface area contributed by atoms with Crippen molar-refractivity contribution < 1.29 is 34.3 Å². The van der Waals surface area contributed by atoms with Gasteiger partial charge in [-0.15, -0.1) is 0 Å². The smallest absolute Gasteiger partial charge is 0.404 e. The predicted octanol–water partition coefficient (Wildman–Crippen LogP) is 2.37. The van der Waals surface area contributed by atoms with Crippen molar-refractivity contribution in [1.82, 2.24) is 0 Å². The summed E-state index contributed by atoms with van der Waals surface area (Å²) in [4.78, 5) is 38.8. The molecule has 0 aliphatic heterocycles. The van der Waals surface area contributed by atoms with E-state index in [0.29, 0.717) is 12.0 Å². The molecule has 0 bridgehead atoms. The van der Waals surface area contributed by atoms with Crippen molar-refractivity contribution in [1.29, 1.82) is 0 Å². The second-order valence-corrected chi connectivity index (χ2v) is 4.50. The van der Waals surface area contributed by atoms with Crippen molar-refractivity contribution in [3.8, 4) is 0 Å². The zero-order valence-corrected chi connectivity index (χ0v) is 14.1. The predicted molar refractivity (Wildman–Crippen MR) is 88.4 cm³/mol. The van der Waals surface area contributed by atoms with Crippen molar-refractivity contribution in [2.24, 2.45) is 5.73 Å². The molecule has 1 aromatic rings. The number of carboxylic acids is 2.